The molecule has 0 atom stereocenters. The Morgan fingerprint density at radius 2 is 1.60 bits per heavy atom. The van der Waals surface area contributed by atoms with Crippen molar-refractivity contribution in [3.8, 4) is 5.75 Å². The fraction of sp³-hybridized carbons (Fsp3) is 0.600. The van der Waals surface area contributed by atoms with Crippen molar-refractivity contribution in [3.63, 3.8) is 0 Å². The van der Waals surface area contributed by atoms with Crippen molar-refractivity contribution in [2.24, 2.45) is 5.73 Å². The van der Waals surface area contributed by atoms with Gasteiger partial charge in [0.05, 0.1) is 19.9 Å². The van der Waals surface area contributed by atoms with E-state index >= 15 is 0 Å². The monoisotopic (exact) mass is 618 g/mol. The smallest absolute Gasteiger partial charge is 0.227 e. The van der Waals surface area contributed by atoms with Gasteiger partial charge in [-0.2, -0.15) is 9.97 Å². The first-order valence-electron chi connectivity index (χ1n) is 15.0. The molecule has 0 spiro atoms. The third-order valence-electron chi connectivity index (χ3n) is 8.95. The fourth-order valence-electron chi connectivity index (χ4n) is 6.47. The molecule has 230 valence electrons. The van der Waals surface area contributed by atoms with E-state index in [1.165, 1.54) is 25.7 Å². The quantitative estimate of drug-likeness (QED) is 0.318. The molecule has 4 N–H and O–H groups in total. The number of hydrogen-bond donors (Lipinski definition) is 3. The summed E-state index contributed by atoms with van der Waals surface area (Å²) in [5, 5.41) is 7.31. The molecule has 0 bridgehead atoms. The van der Waals surface area contributed by atoms with Crippen molar-refractivity contribution in [2.75, 3.05) is 30.8 Å². The number of piperidine rings is 1. The van der Waals surface area contributed by atoms with E-state index in [1.807, 2.05) is 35.5 Å². The number of methoxy groups -OCH3 is 1. The van der Waals surface area contributed by atoms with E-state index < -0.39 is 0 Å². The lowest BCUT2D eigenvalue weighted by Gasteiger charge is -2.33. The van der Waals surface area contributed by atoms with Crippen LogP contribution in [0.1, 0.15) is 75.8 Å². The summed E-state index contributed by atoms with van der Waals surface area (Å²) in [6.45, 7) is 1.45. The van der Waals surface area contributed by atoms with Crippen molar-refractivity contribution >= 4 is 53.7 Å². The SMILES string of the molecule is COc1ccc(CC(=O)N2CCC(Nc3nc(NC4CCC(N)CC4)nc4c3ncn4C3CCCC3)CC2)cc1.Cl.Cl. The maximum absolute atomic E-state index is 13.0. The highest BCUT2D eigenvalue weighted by Gasteiger charge is 2.27. The van der Waals surface area contributed by atoms with Crippen LogP contribution in [0.5, 0.6) is 5.75 Å². The number of likely N-dealkylation sites (tertiary alicyclic amines) is 1. The van der Waals surface area contributed by atoms with E-state index in [-0.39, 0.29) is 36.8 Å². The van der Waals surface area contributed by atoms with Crippen LogP contribution >= 0.6 is 24.8 Å². The minimum Gasteiger partial charge on any atom is -0.497 e. The Morgan fingerprint density at radius 3 is 2.26 bits per heavy atom. The van der Waals surface area contributed by atoms with Gasteiger partial charge in [-0.25, -0.2) is 4.98 Å². The molecule has 3 aliphatic rings. The van der Waals surface area contributed by atoms with E-state index in [1.54, 1.807) is 7.11 Å². The maximum atomic E-state index is 13.0. The van der Waals surface area contributed by atoms with E-state index in [0.29, 0.717) is 30.5 Å². The lowest BCUT2D eigenvalue weighted by atomic mass is 9.92. The van der Waals surface area contributed by atoms with Gasteiger partial charge in [0.1, 0.15) is 5.75 Å². The van der Waals surface area contributed by atoms with Crippen LogP contribution in [0.2, 0.25) is 0 Å². The number of aromatic nitrogens is 4. The Kier molecular flexibility index (Phi) is 11.1. The first-order chi connectivity index (χ1) is 19.6. The van der Waals surface area contributed by atoms with Crippen molar-refractivity contribution in [2.45, 2.75) is 94.8 Å². The molecule has 3 heterocycles. The lowest BCUT2D eigenvalue weighted by molar-refractivity contribution is -0.131. The number of amides is 1. The van der Waals surface area contributed by atoms with Gasteiger partial charge in [-0.15, -0.1) is 24.8 Å². The number of fused-ring (bicyclic) bond motifs is 1. The van der Waals surface area contributed by atoms with Gasteiger partial charge in [0, 0.05) is 37.3 Å². The largest absolute Gasteiger partial charge is 0.497 e. The number of anilines is 2. The Balaban J connectivity index is 0.00000202. The molecule has 1 amide bonds. The molecule has 2 aliphatic carbocycles. The molecule has 1 aliphatic heterocycles. The zero-order valence-corrected chi connectivity index (χ0v) is 26.0. The first-order valence-corrected chi connectivity index (χ1v) is 15.0. The number of ether oxygens (including phenoxy) is 1. The second-order valence-corrected chi connectivity index (χ2v) is 11.7. The molecule has 3 fully saturated rings. The normalized spacial score (nSPS) is 21.4. The molecule has 0 unspecified atom stereocenters. The number of imidazole rings is 1. The zero-order valence-electron chi connectivity index (χ0n) is 24.3. The second-order valence-electron chi connectivity index (χ2n) is 11.7. The third-order valence-corrected chi connectivity index (χ3v) is 8.95. The number of halogens is 2. The molecule has 2 saturated carbocycles. The summed E-state index contributed by atoms with van der Waals surface area (Å²) < 4.78 is 7.49. The minimum atomic E-state index is 0. The van der Waals surface area contributed by atoms with Crippen LogP contribution in [0.3, 0.4) is 0 Å². The van der Waals surface area contributed by atoms with E-state index in [2.05, 4.69) is 15.2 Å². The van der Waals surface area contributed by atoms with Gasteiger partial charge < -0.3 is 30.6 Å². The Hall–Kier alpha value is -2.82. The van der Waals surface area contributed by atoms with Crippen LogP contribution in [0.25, 0.3) is 11.2 Å². The maximum Gasteiger partial charge on any atom is 0.227 e. The molecular weight excluding hydrogens is 575 g/mol. The number of carbonyl (C=O) groups is 1. The summed E-state index contributed by atoms with van der Waals surface area (Å²) in [6, 6.07) is 9.05. The predicted molar refractivity (Wildman–Crippen MR) is 171 cm³/mol. The molecule has 1 saturated heterocycles. The molecule has 1 aromatic carbocycles. The van der Waals surface area contributed by atoms with Crippen molar-refractivity contribution in [1.82, 2.24) is 24.4 Å². The van der Waals surface area contributed by atoms with Crippen LogP contribution < -0.4 is 21.1 Å². The Morgan fingerprint density at radius 1 is 0.929 bits per heavy atom. The highest BCUT2D eigenvalue weighted by molar-refractivity contribution is 5.86. The summed E-state index contributed by atoms with van der Waals surface area (Å²) in [5.74, 6) is 2.43. The highest BCUT2D eigenvalue weighted by Crippen LogP contribution is 2.34. The average molecular weight is 620 g/mol. The molecule has 42 heavy (non-hydrogen) atoms. The lowest BCUT2D eigenvalue weighted by Crippen LogP contribution is -2.43. The van der Waals surface area contributed by atoms with E-state index in [4.69, 9.17) is 25.4 Å². The van der Waals surface area contributed by atoms with Gasteiger partial charge in [0.15, 0.2) is 17.0 Å². The zero-order chi connectivity index (χ0) is 27.5. The Bertz CT molecular complexity index is 1300. The van der Waals surface area contributed by atoms with Crippen LogP contribution in [-0.2, 0) is 11.2 Å². The van der Waals surface area contributed by atoms with Crippen molar-refractivity contribution < 1.29 is 9.53 Å². The number of carbonyl (C=O) groups excluding carboxylic acids is 1. The average Bonchev–Trinajstić information content (AvgIpc) is 3.65. The van der Waals surface area contributed by atoms with E-state index in [9.17, 15) is 4.79 Å². The topological polar surface area (TPSA) is 123 Å². The molecule has 12 heteroatoms. The summed E-state index contributed by atoms with van der Waals surface area (Å²) in [4.78, 5) is 29.7. The number of benzene rings is 1. The molecule has 6 rings (SSSR count). The van der Waals surface area contributed by atoms with Crippen LogP contribution in [0.4, 0.5) is 11.8 Å². The second kappa shape index (κ2) is 14.6. The molecule has 2 aromatic heterocycles. The minimum absolute atomic E-state index is 0. The number of nitrogens with two attached hydrogens (primary N) is 1. The summed E-state index contributed by atoms with van der Waals surface area (Å²) in [6.07, 6.45) is 13.1. The van der Waals surface area contributed by atoms with Gasteiger partial charge in [-0.3, -0.25) is 4.79 Å². The molecule has 3 aromatic rings. The number of rotatable bonds is 8. The van der Waals surface area contributed by atoms with Crippen LogP contribution in [0, 0.1) is 0 Å². The summed E-state index contributed by atoms with van der Waals surface area (Å²) >= 11 is 0. The van der Waals surface area contributed by atoms with Gasteiger partial charge in [0.25, 0.3) is 0 Å². The van der Waals surface area contributed by atoms with Crippen LogP contribution in [0.15, 0.2) is 30.6 Å². The van der Waals surface area contributed by atoms with E-state index in [0.717, 1.165) is 79.9 Å². The van der Waals surface area contributed by atoms with Gasteiger partial charge >= 0.3 is 0 Å². The van der Waals surface area contributed by atoms with Gasteiger partial charge in [-0.1, -0.05) is 25.0 Å². The predicted octanol–water partition coefficient (Wildman–Crippen LogP) is 5.12. The first kappa shape index (κ1) is 32.1. The summed E-state index contributed by atoms with van der Waals surface area (Å²) in [7, 11) is 1.65. The molecule has 10 nitrogen and oxygen atoms in total. The van der Waals surface area contributed by atoms with Crippen molar-refractivity contribution in [3.05, 3.63) is 36.2 Å². The fourth-order valence-corrected chi connectivity index (χ4v) is 6.47. The highest BCUT2D eigenvalue weighted by atomic mass is 35.5. The third kappa shape index (κ3) is 7.38. The number of nitrogens with zero attached hydrogens (tertiary/aromatic N) is 5. The number of nitrogens with one attached hydrogen (secondary N) is 2. The Labute approximate surface area is 260 Å². The summed E-state index contributed by atoms with van der Waals surface area (Å²) in [5.41, 5.74) is 8.89. The molecule has 0 radical (unpaired) electrons. The standard InChI is InChI=1S/C30H42N8O2.2ClH/c1-40-25-12-6-20(7-13-25)18-26(39)37-16-14-23(15-17-37)33-28-27-29(38(19-32-27)24-4-2-3-5-24)36-30(35-28)34-22-10-8-21(31)9-11-22;;/h6-7,12-13,19,21-24H,2-5,8-11,14-18,31H2,1H3,(H2,33,34,35,36);2*1H. The molecular formula is C30H44Cl2N8O2. The van der Waals surface area contributed by atoms with Gasteiger partial charge in [-0.05, 0) is 69.1 Å². The van der Waals surface area contributed by atoms with Gasteiger partial charge in [0.2, 0.25) is 11.9 Å². The van der Waals surface area contributed by atoms with Crippen LogP contribution in [-0.4, -0.2) is 68.7 Å². The van der Waals surface area contributed by atoms with Crippen molar-refractivity contribution in [1.29, 1.82) is 0 Å². The number of hydrogen-bond acceptors (Lipinski definition) is 8.